The van der Waals surface area contributed by atoms with E-state index in [4.69, 9.17) is 0 Å². The van der Waals surface area contributed by atoms with Crippen molar-refractivity contribution in [2.24, 2.45) is 0 Å². The van der Waals surface area contributed by atoms with Crippen molar-refractivity contribution in [1.82, 2.24) is 14.5 Å². The van der Waals surface area contributed by atoms with Gasteiger partial charge in [0.15, 0.2) is 5.82 Å². The molecule has 108 valence electrons. The standard InChI is InChI=1S/C13H10Br2N4OS/c1-16-11-8-2-3-21-12(8)18-10(17-11)6-19-5-7(14)4-9(15)13(19)20/h2-5H,6H2,1H3,(H,16,17,18). The molecule has 3 rings (SSSR count). The van der Waals surface area contributed by atoms with Gasteiger partial charge in [-0.15, -0.1) is 11.3 Å². The molecule has 21 heavy (non-hydrogen) atoms. The zero-order valence-corrected chi connectivity index (χ0v) is 14.9. The first kappa shape index (κ1) is 14.7. The summed E-state index contributed by atoms with van der Waals surface area (Å²) in [6.07, 6.45) is 1.73. The van der Waals surface area contributed by atoms with Crippen molar-refractivity contribution in [3.63, 3.8) is 0 Å². The van der Waals surface area contributed by atoms with Crippen LogP contribution in [0.5, 0.6) is 0 Å². The molecule has 0 atom stereocenters. The third-order valence-corrected chi connectivity index (χ3v) is 4.74. The largest absolute Gasteiger partial charge is 0.372 e. The molecule has 0 aliphatic carbocycles. The topological polar surface area (TPSA) is 59.8 Å². The highest BCUT2D eigenvalue weighted by Crippen LogP contribution is 2.25. The first-order chi connectivity index (χ1) is 10.1. The Bertz CT molecular complexity index is 874. The van der Waals surface area contributed by atoms with E-state index in [2.05, 4.69) is 47.1 Å². The Kier molecular flexibility index (Phi) is 4.10. The molecular weight excluding hydrogens is 420 g/mol. The molecule has 5 nitrogen and oxygen atoms in total. The summed E-state index contributed by atoms with van der Waals surface area (Å²) < 4.78 is 2.89. The number of pyridine rings is 1. The number of fused-ring (bicyclic) bond motifs is 1. The first-order valence-electron chi connectivity index (χ1n) is 6.06. The molecule has 0 spiro atoms. The SMILES string of the molecule is CNc1nc(Cn2cc(Br)cc(Br)c2=O)nc2sccc12. The fourth-order valence-corrected chi connectivity index (χ4v) is 4.04. The van der Waals surface area contributed by atoms with Gasteiger partial charge in [0.1, 0.15) is 10.6 Å². The molecule has 3 heterocycles. The van der Waals surface area contributed by atoms with Crippen LogP contribution in [0.2, 0.25) is 0 Å². The maximum Gasteiger partial charge on any atom is 0.265 e. The molecule has 0 unspecified atom stereocenters. The van der Waals surface area contributed by atoms with E-state index in [1.165, 1.54) is 0 Å². The Hall–Kier alpha value is -1.25. The fraction of sp³-hybridized carbons (Fsp3) is 0.154. The van der Waals surface area contributed by atoms with Crippen molar-refractivity contribution in [2.45, 2.75) is 6.54 Å². The number of hydrogen-bond donors (Lipinski definition) is 1. The molecule has 0 aromatic carbocycles. The van der Waals surface area contributed by atoms with Crippen LogP contribution in [-0.2, 0) is 6.54 Å². The van der Waals surface area contributed by atoms with E-state index < -0.39 is 0 Å². The predicted molar refractivity (Wildman–Crippen MR) is 92.2 cm³/mol. The zero-order chi connectivity index (χ0) is 15.0. The van der Waals surface area contributed by atoms with Crippen LogP contribution in [0.1, 0.15) is 5.82 Å². The van der Waals surface area contributed by atoms with Crippen molar-refractivity contribution in [2.75, 3.05) is 12.4 Å². The van der Waals surface area contributed by atoms with E-state index in [1.54, 1.807) is 28.2 Å². The maximum absolute atomic E-state index is 12.1. The van der Waals surface area contributed by atoms with Crippen LogP contribution < -0.4 is 10.9 Å². The molecule has 0 saturated carbocycles. The number of hydrogen-bond acceptors (Lipinski definition) is 5. The number of nitrogens with one attached hydrogen (secondary N) is 1. The average Bonchev–Trinajstić information content (AvgIpc) is 2.91. The van der Waals surface area contributed by atoms with Gasteiger partial charge in [-0.1, -0.05) is 0 Å². The van der Waals surface area contributed by atoms with Gasteiger partial charge in [-0.2, -0.15) is 0 Å². The van der Waals surface area contributed by atoms with Gasteiger partial charge in [0, 0.05) is 17.7 Å². The summed E-state index contributed by atoms with van der Waals surface area (Å²) in [7, 11) is 1.82. The van der Waals surface area contributed by atoms with E-state index in [0.717, 1.165) is 20.5 Å². The van der Waals surface area contributed by atoms with Crippen molar-refractivity contribution in [3.05, 3.63) is 48.8 Å². The molecule has 8 heteroatoms. The summed E-state index contributed by atoms with van der Waals surface area (Å²) in [6, 6.07) is 3.71. The highest BCUT2D eigenvalue weighted by Gasteiger charge is 2.10. The third kappa shape index (κ3) is 2.88. The van der Waals surface area contributed by atoms with Gasteiger partial charge in [0.2, 0.25) is 0 Å². The van der Waals surface area contributed by atoms with Crippen molar-refractivity contribution in [1.29, 1.82) is 0 Å². The number of thiophene rings is 1. The smallest absolute Gasteiger partial charge is 0.265 e. The number of halogens is 2. The number of nitrogens with zero attached hydrogens (tertiary/aromatic N) is 3. The highest BCUT2D eigenvalue weighted by atomic mass is 79.9. The lowest BCUT2D eigenvalue weighted by atomic mass is 10.3. The molecule has 0 bridgehead atoms. The highest BCUT2D eigenvalue weighted by molar-refractivity contribution is 9.11. The Balaban J connectivity index is 2.08. The quantitative estimate of drug-likeness (QED) is 0.692. The second-order valence-electron chi connectivity index (χ2n) is 4.32. The Morgan fingerprint density at radius 3 is 2.95 bits per heavy atom. The van der Waals surface area contributed by atoms with E-state index in [9.17, 15) is 4.79 Å². The van der Waals surface area contributed by atoms with Crippen molar-refractivity contribution >= 4 is 59.2 Å². The molecule has 0 aliphatic heterocycles. The normalized spacial score (nSPS) is 11.0. The Labute approximate surface area is 141 Å². The van der Waals surface area contributed by atoms with Crippen LogP contribution in [0.4, 0.5) is 5.82 Å². The molecule has 3 aromatic rings. The van der Waals surface area contributed by atoms with Gasteiger partial charge in [-0.25, -0.2) is 9.97 Å². The average molecular weight is 430 g/mol. The number of aromatic nitrogens is 3. The summed E-state index contributed by atoms with van der Waals surface area (Å²) >= 11 is 8.19. The summed E-state index contributed by atoms with van der Waals surface area (Å²) in [4.78, 5) is 22.0. The van der Waals surface area contributed by atoms with Crippen LogP contribution >= 0.6 is 43.2 Å². The predicted octanol–water partition coefficient (Wildman–Crippen LogP) is 3.47. The monoisotopic (exact) mass is 428 g/mol. The minimum Gasteiger partial charge on any atom is -0.372 e. The first-order valence-corrected chi connectivity index (χ1v) is 8.52. The minimum absolute atomic E-state index is 0.112. The van der Waals surface area contributed by atoms with Gasteiger partial charge in [0.05, 0.1) is 16.4 Å². The van der Waals surface area contributed by atoms with E-state index >= 15 is 0 Å². The van der Waals surface area contributed by atoms with Crippen LogP contribution in [0.3, 0.4) is 0 Å². The minimum atomic E-state index is -0.112. The Morgan fingerprint density at radius 1 is 1.38 bits per heavy atom. The van der Waals surface area contributed by atoms with Gasteiger partial charge >= 0.3 is 0 Å². The lowest BCUT2D eigenvalue weighted by molar-refractivity contribution is 0.714. The van der Waals surface area contributed by atoms with E-state index in [0.29, 0.717) is 16.8 Å². The second-order valence-corrected chi connectivity index (χ2v) is 6.98. The fourth-order valence-electron chi connectivity index (χ4n) is 2.00. The van der Waals surface area contributed by atoms with Gasteiger partial charge < -0.3 is 9.88 Å². The third-order valence-electron chi connectivity index (χ3n) is 2.93. The Morgan fingerprint density at radius 2 is 2.19 bits per heavy atom. The van der Waals surface area contributed by atoms with Gasteiger partial charge in [-0.05, 0) is 49.4 Å². The van der Waals surface area contributed by atoms with E-state index in [1.807, 2.05) is 18.5 Å². The number of anilines is 1. The molecule has 0 aliphatic rings. The molecule has 1 N–H and O–H groups in total. The summed E-state index contributed by atoms with van der Waals surface area (Å²) in [6.45, 7) is 0.319. The lowest BCUT2D eigenvalue weighted by Gasteiger charge is -2.08. The second kappa shape index (κ2) is 5.86. The molecule has 0 radical (unpaired) electrons. The molecule has 0 amide bonds. The molecule has 0 saturated heterocycles. The summed E-state index contributed by atoms with van der Waals surface area (Å²) in [5.41, 5.74) is -0.112. The van der Waals surface area contributed by atoms with E-state index in [-0.39, 0.29) is 5.56 Å². The van der Waals surface area contributed by atoms with Crippen LogP contribution in [0, 0.1) is 0 Å². The van der Waals surface area contributed by atoms with Gasteiger partial charge in [0.25, 0.3) is 5.56 Å². The molecular formula is C13H10Br2N4OS. The summed E-state index contributed by atoms with van der Waals surface area (Å²) in [5.74, 6) is 1.37. The van der Waals surface area contributed by atoms with Crippen molar-refractivity contribution in [3.8, 4) is 0 Å². The van der Waals surface area contributed by atoms with Gasteiger partial charge in [-0.3, -0.25) is 4.79 Å². The lowest BCUT2D eigenvalue weighted by Crippen LogP contribution is -2.21. The van der Waals surface area contributed by atoms with Crippen LogP contribution in [0.25, 0.3) is 10.2 Å². The van der Waals surface area contributed by atoms with Crippen molar-refractivity contribution < 1.29 is 0 Å². The zero-order valence-electron chi connectivity index (χ0n) is 10.9. The maximum atomic E-state index is 12.1. The van der Waals surface area contributed by atoms with Crippen LogP contribution in [-0.4, -0.2) is 21.6 Å². The van der Waals surface area contributed by atoms with Crippen LogP contribution in [0.15, 0.2) is 37.4 Å². The summed E-state index contributed by atoms with van der Waals surface area (Å²) in [5, 5.41) is 6.04. The molecule has 3 aromatic heterocycles. The molecule has 0 fully saturated rings. The number of rotatable bonds is 3.